The molecule has 2 aliphatic rings. The number of nitrogens with one attached hydrogen (secondary N) is 1. The predicted octanol–water partition coefficient (Wildman–Crippen LogP) is 1.23. The average Bonchev–Trinajstić information content (AvgIpc) is 3.14. The van der Waals surface area contributed by atoms with Crippen LogP contribution in [-0.2, 0) is 14.8 Å². The van der Waals surface area contributed by atoms with E-state index in [1.165, 1.54) is 10.4 Å². The predicted molar refractivity (Wildman–Crippen MR) is 96.8 cm³/mol. The highest BCUT2D eigenvalue weighted by Gasteiger charge is 2.32. The van der Waals surface area contributed by atoms with E-state index in [-0.39, 0.29) is 35.4 Å². The van der Waals surface area contributed by atoms with E-state index < -0.39 is 22.4 Å². The van der Waals surface area contributed by atoms with Gasteiger partial charge in [0.15, 0.2) is 0 Å². The maximum atomic E-state index is 12.8. The van der Waals surface area contributed by atoms with E-state index in [2.05, 4.69) is 5.32 Å². The van der Waals surface area contributed by atoms with Crippen LogP contribution in [0, 0.1) is 0 Å². The lowest BCUT2D eigenvalue weighted by molar-refractivity contribution is 0.0695. The number of alkyl halides is 2. The van der Waals surface area contributed by atoms with E-state index in [1.54, 1.807) is 10.3 Å². The van der Waals surface area contributed by atoms with Crippen LogP contribution in [0.3, 0.4) is 0 Å². The molecule has 11 heteroatoms. The minimum absolute atomic E-state index is 0.0158. The fraction of sp³-hybridized carbons (Fsp3) is 0.688. The molecule has 1 amide bonds. The molecule has 7 nitrogen and oxygen atoms in total. The number of morpholine rings is 1. The van der Waals surface area contributed by atoms with Gasteiger partial charge < -0.3 is 10.1 Å². The zero-order valence-electron chi connectivity index (χ0n) is 14.8. The van der Waals surface area contributed by atoms with Crippen molar-refractivity contribution < 1.29 is 26.7 Å². The second-order valence-electron chi connectivity index (χ2n) is 6.57. The number of ether oxygens (including phenoxy) is 1. The van der Waals surface area contributed by atoms with E-state index in [0.717, 1.165) is 11.3 Å². The first kappa shape index (κ1) is 20.6. The van der Waals surface area contributed by atoms with Gasteiger partial charge in [-0.05, 0) is 24.3 Å². The molecule has 0 unspecified atom stereocenters. The minimum atomic E-state index is -3.75. The van der Waals surface area contributed by atoms with E-state index in [4.69, 9.17) is 4.74 Å². The third-order valence-electron chi connectivity index (χ3n) is 4.74. The van der Waals surface area contributed by atoms with Crippen molar-refractivity contribution in [2.45, 2.75) is 30.2 Å². The van der Waals surface area contributed by atoms with Crippen LogP contribution in [0.5, 0.6) is 0 Å². The molecule has 2 saturated heterocycles. The zero-order valence-corrected chi connectivity index (χ0v) is 16.4. The van der Waals surface area contributed by atoms with Crippen molar-refractivity contribution in [1.82, 2.24) is 14.5 Å². The number of carbonyl (C=O) groups excluding carboxylic acids is 1. The number of carbonyl (C=O) groups is 1. The number of piperidine rings is 1. The highest BCUT2D eigenvalue weighted by Crippen LogP contribution is 2.26. The molecular weight excluding hydrogens is 400 g/mol. The molecule has 0 radical (unpaired) electrons. The van der Waals surface area contributed by atoms with E-state index in [9.17, 15) is 22.0 Å². The fourth-order valence-electron chi connectivity index (χ4n) is 3.30. The van der Waals surface area contributed by atoms with E-state index in [0.29, 0.717) is 39.1 Å². The molecule has 152 valence electrons. The van der Waals surface area contributed by atoms with Gasteiger partial charge in [-0.1, -0.05) is 0 Å². The quantitative estimate of drug-likeness (QED) is 0.745. The SMILES string of the molecule is O=C(NC1CCN(CC(F)F)CC1)c1sccc1S(=O)(=O)N1CCOCC1. The Labute approximate surface area is 161 Å². The van der Waals surface area contributed by atoms with Gasteiger partial charge >= 0.3 is 0 Å². The van der Waals surface area contributed by atoms with E-state index in [1.807, 2.05) is 0 Å². The minimum Gasteiger partial charge on any atom is -0.379 e. The molecule has 0 spiro atoms. The van der Waals surface area contributed by atoms with Gasteiger partial charge in [-0.15, -0.1) is 11.3 Å². The average molecular weight is 424 g/mol. The lowest BCUT2D eigenvalue weighted by atomic mass is 10.1. The Kier molecular flexibility index (Phi) is 6.79. The number of thiophene rings is 1. The van der Waals surface area contributed by atoms with Crippen LogP contribution in [0.15, 0.2) is 16.3 Å². The van der Waals surface area contributed by atoms with Gasteiger partial charge in [-0.3, -0.25) is 9.69 Å². The highest BCUT2D eigenvalue weighted by atomic mass is 32.2. The lowest BCUT2D eigenvalue weighted by Crippen LogP contribution is -2.46. The summed E-state index contributed by atoms with van der Waals surface area (Å²) in [6.45, 7) is 1.92. The molecule has 0 aromatic carbocycles. The van der Waals surface area contributed by atoms with Gasteiger partial charge in [0.05, 0.1) is 19.8 Å². The first-order valence-electron chi connectivity index (χ1n) is 8.84. The number of rotatable bonds is 6. The molecule has 27 heavy (non-hydrogen) atoms. The highest BCUT2D eigenvalue weighted by molar-refractivity contribution is 7.89. The van der Waals surface area contributed by atoms with Crippen LogP contribution in [0.4, 0.5) is 8.78 Å². The Morgan fingerprint density at radius 2 is 1.93 bits per heavy atom. The molecule has 0 aliphatic carbocycles. The maximum Gasteiger partial charge on any atom is 0.262 e. The van der Waals surface area contributed by atoms with Crippen LogP contribution in [-0.4, -0.2) is 81.9 Å². The molecule has 2 aliphatic heterocycles. The number of hydrogen-bond acceptors (Lipinski definition) is 6. The summed E-state index contributed by atoms with van der Waals surface area (Å²) >= 11 is 1.09. The topological polar surface area (TPSA) is 79.0 Å². The molecular formula is C16H23F2N3O4S2. The lowest BCUT2D eigenvalue weighted by Gasteiger charge is -2.32. The summed E-state index contributed by atoms with van der Waals surface area (Å²) in [5, 5.41) is 4.45. The third kappa shape index (κ3) is 5.02. The Morgan fingerprint density at radius 3 is 2.56 bits per heavy atom. The standard InChI is InChI=1S/C16H23F2N3O4S2/c17-14(18)11-20-4-1-12(2-5-20)19-16(22)15-13(3-10-26-15)27(23,24)21-6-8-25-9-7-21/h3,10,12,14H,1-2,4-9,11H2,(H,19,22). The Balaban J connectivity index is 1.63. The molecule has 1 aromatic rings. The Morgan fingerprint density at radius 1 is 1.26 bits per heavy atom. The van der Waals surface area contributed by atoms with Crippen molar-refractivity contribution in [2.75, 3.05) is 45.9 Å². The van der Waals surface area contributed by atoms with Crippen molar-refractivity contribution >= 4 is 27.3 Å². The number of hydrogen-bond donors (Lipinski definition) is 1. The van der Waals surface area contributed by atoms with Gasteiger partial charge in [0, 0.05) is 32.2 Å². The van der Waals surface area contributed by atoms with Crippen LogP contribution in [0.2, 0.25) is 0 Å². The van der Waals surface area contributed by atoms with Crippen LogP contribution in [0.25, 0.3) is 0 Å². The van der Waals surface area contributed by atoms with Crippen LogP contribution in [0.1, 0.15) is 22.5 Å². The van der Waals surface area contributed by atoms with E-state index >= 15 is 0 Å². The van der Waals surface area contributed by atoms with Crippen molar-refractivity contribution in [2.24, 2.45) is 0 Å². The zero-order chi connectivity index (χ0) is 19.4. The number of nitrogens with zero attached hydrogens (tertiary/aromatic N) is 2. The smallest absolute Gasteiger partial charge is 0.262 e. The number of amides is 1. The molecule has 0 atom stereocenters. The second-order valence-corrected chi connectivity index (χ2v) is 9.39. The van der Waals surface area contributed by atoms with Gasteiger partial charge in [0.2, 0.25) is 10.0 Å². The van der Waals surface area contributed by atoms with Crippen LogP contribution >= 0.6 is 11.3 Å². The normalized spacial score (nSPS) is 20.9. The summed E-state index contributed by atoms with van der Waals surface area (Å²) in [5.74, 6) is -0.427. The summed E-state index contributed by atoms with van der Waals surface area (Å²) in [5.41, 5.74) is 0. The molecule has 0 saturated carbocycles. The molecule has 3 heterocycles. The van der Waals surface area contributed by atoms with Crippen molar-refractivity contribution in [1.29, 1.82) is 0 Å². The van der Waals surface area contributed by atoms with Gasteiger partial charge in [0.1, 0.15) is 9.77 Å². The molecule has 3 rings (SSSR count). The summed E-state index contributed by atoms with van der Waals surface area (Å²) in [6, 6.07) is 1.31. The van der Waals surface area contributed by atoms with Crippen LogP contribution < -0.4 is 5.32 Å². The fourth-order valence-corrected chi connectivity index (χ4v) is 6.01. The Bertz CT molecular complexity index is 743. The molecule has 1 N–H and O–H groups in total. The van der Waals surface area contributed by atoms with Crippen molar-refractivity contribution in [3.8, 4) is 0 Å². The molecule has 2 fully saturated rings. The Hall–Kier alpha value is -1.14. The summed E-state index contributed by atoms with van der Waals surface area (Å²) < 4.78 is 57.1. The summed E-state index contributed by atoms with van der Waals surface area (Å²) in [6.07, 6.45) is -1.24. The van der Waals surface area contributed by atoms with Gasteiger partial charge in [-0.25, -0.2) is 17.2 Å². The summed E-state index contributed by atoms with van der Waals surface area (Å²) in [4.78, 5) is 14.5. The first-order chi connectivity index (χ1) is 12.9. The van der Waals surface area contributed by atoms with Crippen molar-refractivity contribution in [3.63, 3.8) is 0 Å². The summed E-state index contributed by atoms with van der Waals surface area (Å²) in [7, 11) is -3.75. The molecule has 1 aromatic heterocycles. The largest absolute Gasteiger partial charge is 0.379 e. The first-order valence-corrected chi connectivity index (χ1v) is 11.2. The monoisotopic (exact) mass is 423 g/mol. The van der Waals surface area contributed by atoms with Gasteiger partial charge in [0.25, 0.3) is 12.3 Å². The third-order valence-corrected chi connectivity index (χ3v) is 7.73. The second kappa shape index (κ2) is 8.91. The maximum absolute atomic E-state index is 12.8. The van der Waals surface area contributed by atoms with Crippen molar-refractivity contribution in [3.05, 3.63) is 16.3 Å². The number of sulfonamides is 1. The van der Waals surface area contributed by atoms with Gasteiger partial charge in [-0.2, -0.15) is 4.31 Å². The number of likely N-dealkylation sites (tertiary alicyclic amines) is 1. The number of halogens is 2. The molecule has 0 bridgehead atoms.